The van der Waals surface area contributed by atoms with Gasteiger partial charge < -0.3 is 4.98 Å². The van der Waals surface area contributed by atoms with Gasteiger partial charge in [-0.3, -0.25) is 15.0 Å². The molecular weight excluding hydrogens is 378 g/mol. The average molecular weight is 408 g/mol. The van der Waals surface area contributed by atoms with Crippen LogP contribution >= 0.6 is 23.6 Å². The molecule has 0 aromatic carbocycles. The van der Waals surface area contributed by atoms with Crippen molar-refractivity contribution in [3.63, 3.8) is 0 Å². The molecule has 7 heteroatoms. The third kappa shape index (κ3) is 4.88. The highest BCUT2D eigenvalue weighted by atomic mass is 32.1. The van der Waals surface area contributed by atoms with E-state index < -0.39 is 0 Å². The van der Waals surface area contributed by atoms with Crippen LogP contribution in [0, 0.1) is 4.77 Å². The number of carbonyl (C=O) groups is 1. The Hall–Kier alpha value is -1.47. The molecule has 1 amide bonds. The van der Waals surface area contributed by atoms with Crippen LogP contribution in [0.2, 0.25) is 0 Å². The van der Waals surface area contributed by atoms with E-state index in [1.54, 1.807) is 11.3 Å². The van der Waals surface area contributed by atoms with Crippen LogP contribution in [0.3, 0.4) is 0 Å². The van der Waals surface area contributed by atoms with E-state index in [4.69, 9.17) is 12.2 Å². The molecule has 2 aromatic rings. The number of amides is 1. The number of aromatic nitrogens is 2. The van der Waals surface area contributed by atoms with E-state index in [1.807, 2.05) is 0 Å². The van der Waals surface area contributed by atoms with Gasteiger partial charge in [-0.1, -0.05) is 51.9 Å². The van der Waals surface area contributed by atoms with Gasteiger partial charge in [0.1, 0.15) is 4.83 Å². The number of fused-ring (bicyclic) bond motifs is 3. The Bertz CT molecular complexity index is 910. The molecule has 0 fully saturated rings. The Balaban J connectivity index is 1.54. The fourth-order valence-corrected chi connectivity index (χ4v) is 5.35. The van der Waals surface area contributed by atoms with Crippen molar-refractivity contribution in [1.29, 1.82) is 0 Å². The zero-order chi connectivity index (χ0) is 19.2. The SMILES string of the molecule is CCCCCCCCCCC(=O)Nn1c(=S)[nH]c2sc3c(c2c1=O)CCC3. The molecule has 0 spiro atoms. The van der Waals surface area contributed by atoms with Crippen molar-refractivity contribution in [2.75, 3.05) is 5.43 Å². The summed E-state index contributed by atoms with van der Waals surface area (Å²) in [6.45, 7) is 2.22. The summed E-state index contributed by atoms with van der Waals surface area (Å²) in [5.41, 5.74) is 3.64. The molecule has 5 nitrogen and oxygen atoms in total. The maximum Gasteiger partial charge on any atom is 0.282 e. The molecule has 0 bridgehead atoms. The predicted octanol–water partition coefficient (Wildman–Crippen LogP) is 5.21. The lowest BCUT2D eigenvalue weighted by molar-refractivity contribution is -0.117. The number of thiophene rings is 1. The fourth-order valence-electron chi connectivity index (χ4n) is 3.78. The molecule has 0 radical (unpaired) electrons. The van der Waals surface area contributed by atoms with Gasteiger partial charge in [-0.2, -0.15) is 4.68 Å². The standard InChI is InChI=1S/C20H29N3O2S2/c1-2-3-4-5-6-7-8-9-13-16(24)22-23-19(25)17-14-11-10-12-15(14)27-18(17)21-20(23)26/h2-13H2,1H3,(H,21,26)(H,22,24). The number of aryl methyl sites for hydroxylation is 2. The molecule has 1 aliphatic rings. The van der Waals surface area contributed by atoms with Gasteiger partial charge in [0.05, 0.1) is 5.39 Å². The second-order valence-electron chi connectivity index (χ2n) is 7.39. The number of hydrogen-bond acceptors (Lipinski definition) is 4. The molecule has 0 aliphatic heterocycles. The third-order valence-electron chi connectivity index (χ3n) is 5.26. The summed E-state index contributed by atoms with van der Waals surface area (Å²) in [4.78, 5) is 30.4. The molecule has 0 unspecified atom stereocenters. The Morgan fingerprint density at radius 3 is 2.59 bits per heavy atom. The Kier molecular flexibility index (Phi) is 7.24. The zero-order valence-corrected chi connectivity index (χ0v) is 17.7. The second-order valence-corrected chi connectivity index (χ2v) is 8.88. The van der Waals surface area contributed by atoms with Gasteiger partial charge in [0, 0.05) is 11.3 Å². The molecule has 0 saturated carbocycles. The number of hydrogen-bond donors (Lipinski definition) is 2. The van der Waals surface area contributed by atoms with E-state index in [9.17, 15) is 9.59 Å². The highest BCUT2D eigenvalue weighted by Crippen LogP contribution is 2.34. The number of unbranched alkanes of at least 4 members (excludes halogenated alkanes) is 7. The summed E-state index contributed by atoms with van der Waals surface area (Å²) in [5.74, 6) is -0.145. The highest BCUT2D eigenvalue weighted by Gasteiger charge is 2.21. The summed E-state index contributed by atoms with van der Waals surface area (Å²) >= 11 is 6.92. The van der Waals surface area contributed by atoms with Gasteiger partial charge in [0.15, 0.2) is 0 Å². The number of carbonyl (C=O) groups excluding carboxylic acids is 1. The fraction of sp³-hybridized carbons (Fsp3) is 0.650. The number of nitrogens with zero attached hydrogens (tertiary/aromatic N) is 1. The summed E-state index contributed by atoms with van der Waals surface area (Å²) in [6, 6.07) is 0. The van der Waals surface area contributed by atoms with E-state index in [2.05, 4.69) is 17.3 Å². The van der Waals surface area contributed by atoms with Gasteiger partial charge in [0.25, 0.3) is 5.56 Å². The van der Waals surface area contributed by atoms with E-state index >= 15 is 0 Å². The largest absolute Gasteiger partial charge is 0.322 e. The molecule has 148 valence electrons. The van der Waals surface area contributed by atoms with E-state index in [0.717, 1.165) is 42.5 Å². The van der Waals surface area contributed by atoms with Crippen molar-refractivity contribution >= 4 is 39.7 Å². The van der Waals surface area contributed by atoms with Crippen LogP contribution in [0.1, 0.15) is 81.6 Å². The first-order valence-corrected chi connectivity index (χ1v) is 11.4. The number of aromatic amines is 1. The van der Waals surface area contributed by atoms with Crippen LogP contribution in [-0.2, 0) is 17.6 Å². The second kappa shape index (κ2) is 9.64. The van der Waals surface area contributed by atoms with Crippen LogP contribution in [-0.4, -0.2) is 15.6 Å². The van der Waals surface area contributed by atoms with Gasteiger partial charge in [0.2, 0.25) is 10.7 Å². The molecule has 0 saturated heterocycles. The van der Waals surface area contributed by atoms with E-state index in [0.29, 0.717) is 11.8 Å². The monoisotopic (exact) mass is 407 g/mol. The number of H-pyrrole nitrogens is 1. The molecular formula is C20H29N3O2S2. The van der Waals surface area contributed by atoms with Gasteiger partial charge in [-0.05, 0) is 43.5 Å². The van der Waals surface area contributed by atoms with Crippen molar-refractivity contribution in [3.8, 4) is 0 Å². The normalized spacial score (nSPS) is 13.2. The van der Waals surface area contributed by atoms with Crippen LogP contribution in [0.15, 0.2) is 4.79 Å². The van der Waals surface area contributed by atoms with Crippen molar-refractivity contribution in [1.82, 2.24) is 9.66 Å². The van der Waals surface area contributed by atoms with Crippen LogP contribution < -0.4 is 11.0 Å². The summed E-state index contributed by atoms with van der Waals surface area (Å²) in [6.07, 6.45) is 13.0. The Morgan fingerprint density at radius 2 is 1.85 bits per heavy atom. The highest BCUT2D eigenvalue weighted by molar-refractivity contribution is 7.71. The summed E-state index contributed by atoms with van der Waals surface area (Å²) < 4.78 is 1.48. The van der Waals surface area contributed by atoms with Crippen LogP contribution in [0.4, 0.5) is 0 Å². The quantitative estimate of drug-likeness (QED) is 0.420. The summed E-state index contributed by atoms with van der Waals surface area (Å²) in [5, 5.41) is 0.702. The lowest BCUT2D eigenvalue weighted by Crippen LogP contribution is -2.34. The minimum absolute atomic E-state index is 0.145. The van der Waals surface area contributed by atoms with Crippen molar-refractivity contribution < 1.29 is 4.79 Å². The molecule has 2 N–H and O–H groups in total. The molecule has 2 heterocycles. The predicted molar refractivity (Wildman–Crippen MR) is 115 cm³/mol. The Morgan fingerprint density at radius 1 is 1.15 bits per heavy atom. The molecule has 27 heavy (non-hydrogen) atoms. The topological polar surface area (TPSA) is 66.9 Å². The smallest absolute Gasteiger partial charge is 0.282 e. The van der Waals surface area contributed by atoms with Gasteiger partial charge in [-0.15, -0.1) is 11.3 Å². The minimum atomic E-state index is -0.197. The molecule has 0 atom stereocenters. The van der Waals surface area contributed by atoms with Crippen molar-refractivity contribution in [2.45, 2.75) is 84.0 Å². The Labute approximate surface area is 169 Å². The van der Waals surface area contributed by atoms with Gasteiger partial charge >= 0.3 is 0 Å². The summed E-state index contributed by atoms with van der Waals surface area (Å²) in [7, 11) is 0. The first kappa shape index (κ1) is 20.3. The first-order valence-electron chi connectivity index (χ1n) is 10.2. The number of rotatable bonds is 10. The van der Waals surface area contributed by atoms with Gasteiger partial charge in [-0.25, -0.2) is 0 Å². The van der Waals surface area contributed by atoms with E-state index in [-0.39, 0.29) is 16.2 Å². The number of nitrogens with one attached hydrogen (secondary N) is 2. The van der Waals surface area contributed by atoms with Crippen LogP contribution in [0.5, 0.6) is 0 Å². The molecule has 3 rings (SSSR count). The minimum Gasteiger partial charge on any atom is -0.322 e. The van der Waals surface area contributed by atoms with Crippen molar-refractivity contribution in [3.05, 3.63) is 25.6 Å². The third-order valence-corrected chi connectivity index (χ3v) is 6.75. The maximum absolute atomic E-state index is 12.9. The lowest BCUT2D eigenvalue weighted by Gasteiger charge is -2.09. The average Bonchev–Trinajstić information content (AvgIpc) is 3.21. The molecule has 2 aromatic heterocycles. The van der Waals surface area contributed by atoms with Crippen molar-refractivity contribution in [2.24, 2.45) is 0 Å². The maximum atomic E-state index is 12.9. The first-order chi connectivity index (χ1) is 13.1. The zero-order valence-electron chi connectivity index (χ0n) is 16.1. The lowest BCUT2D eigenvalue weighted by atomic mass is 10.1. The molecule has 1 aliphatic carbocycles. The van der Waals surface area contributed by atoms with E-state index in [1.165, 1.54) is 48.1 Å². The van der Waals surface area contributed by atoms with Crippen LogP contribution in [0.25, 0.3) is 10.2 Å².